The molecule has 0 spiro atoms. The van der Waals surface area contributed by atoms with Gasteiger partial charge in [0.1, 0.15) is 5.54 Å². The van der Waals surface area contributed by atoms with E-state index in [2.05, 4.69) is 5.32 Å². The second kappa shape index (κ2) is 5.49. The number of benzene rings is 1. The minimum absolute atomic E-state index is 0.0102. The van der Waals surface area contributed by atoms with Gasteiger partial charge in [-0.1, -0.05) is 0 Å². The number of carbonyl (C=O) groups excluding carboxylic acids is 1. The zero-order chi connectivity index (χ0) is 14.8. The molecular weight excluding hydrogens is 282 g/mol. The highest BCUT2D eigenvalue weighted by Crippen LogP contribution is 2.20. The lowest BCUT2D eigenvalue weighted by atomic mass is 9.90. The molecule has 1 aromatic carbocycles. The van der Waals surface area contributed by atoms with Crippen LogP contribution in [0.15, 0.2) is 29.2 Å². The average Bonchev–Trinajstić information content (AvgIpc) is 2.39. The third-order valence-corrected chi connectivity index (χ3v) is 4.21. The number of anilines is 1. The Balaban J connectivity index is 2.08. The van der Waals surface area contributed by atoms with Crippen LogP contribution in [-0.2, 0) is 19.6 Å². The number of hydrogen-bond donors (Lipinski definition) is 3. The quantitative estimate of drug-likeness (QED) is 0.711. The van der Waals surface area contributed by atoms with Crippen molar-refractivity contribution < 1.29 is 17.9 Å². The van der Waals surface area contributed by atoms with Gasteiger partial charge in [-0.3, -0.25) is 4.79 Å². The first-order chi connectivity index (χ1) is 9.31. The first kappa shape index (κ1) is 14.9. The Bertz CT molecular complexity index is 592. The summed E-state index contributed by atoms with van der Waals surface area (Å²) in [6.07, 6.45) is 0.905. The van der Waals surface area contributed by atoms with E-state index in [0.717, 1.165) is 0 Å². The SMILES string of the molecule is NC1(C(=O)Nc2ccc(S(N)(=O)=O)cc2)CCOCC1. The molecule has 0 unspecified atom stereocenters. The van der Waals surface area contributed by atoms with Crippen molar-refractivity contribution in [1.82, 2.24) is 0 Å². The predicted octanol–water partition coefficient (Wildman–Crippen LogP) is -0.220. The van der Waals surface area contributed by atoms with Gasteiger partial charge in [0.2, 0.25) is 15.9 Å². The smallest absolute Gasteiger partial charge is 0.244 e. The van der Waals surface area contributed by atoms with Crippen molar-refractivity contribution >= 4 is 21.6 Å². The maximum atomic E-state index is 12.1. The van der Waals surface area contributed by atoms with E-state index >= 15 is 0 Å². The normalized spacial score (nSPS) is 18.5. The van der Waals surface area contributed by atoms with Crippen LogP contribution in [0.2, 0.25) is 0 Å². The molecule has 0 bridgehead atoms. The van der Waals surface area contributed by atoms with Gasteiger partial charge in [0.15, 0.2) is 0 Å². The molecule has 2 rings (SSSR count). The highest BCUT2D eigenvalue weighted by Gasteiger charge is 2.35. The van der Waals surface area contributed by atoms with E-state index in [-0.39, 0.29) is 10.8 Å². The van der Waals surface area contributed by atoms with Crippen LogP contribution in [0.5, 0.6) is 0 Å². The standard InChI is InChI=1S/C12H17N3O4S/c13-12(5-7-19-8-6-12)11(16)15-9-1-3-10(4-2-9)20(14,17)18/h1-4H,5-8,13H2,(H,15,16)(H2,14,17,18). The number of rotatable bonds is 3. The first-order valence-electron chi connectivity index (χ1n) is 6.12. The van der Waals surface area contributed by atoms with Crippen LogP contribution in [-0.4, -0.2) is 33.1 Å². The Morgan fingerprint density at radius 1 is 1.20 bits per heavy atom. The fourth-order valence-electron chi connectivity index (χ4n) is 1.95. The summed E-state index contributed by atoms with van der Waals surface area (Å²) in [6, 6.07) is 5.61. The van der Waals surface area contributed by atoms with Crippen LogP contribution < -0.4 is 16.2 Å². The number of hydrogen-bond acceptors (Lipinski definition) is 5. The molecule has 110 valence electrons. The number of nitrogens with one attached hydrogen (secondary N) is 1. The minimum Gasteiger partial charge on any atom is -0.381 e. The Labute approximate surface area is 117 Å². The largest absolute Gasteiger partial charge is 0.381 e. The van der Waals surface area contributed by atoms with E-state index in [1.165, 1.54) is 24.3 Å². The number of carbonyl (C=O) groups is 1. The van der Waals surface area contributed by atoms with Gasteiger partial charge in [-0.25, -0.2) is 13.6 Å². The maximum absolute atomic E-state index is 12.1. The fourth-order valence-corrected chi connectivity index (χ4v) is 2.46. The second-order valence-corrected chi connectivity index (χ2v) is 6.35. The van der Waals surface area contributed by atoms with E-state index in [9.17, 15) is 13.2 Å². The van der Waals surface area contributed by atoms with Crippen LogP contribution in [0.4, 0.5) is 5.69 Å². The lowest BCUT2D eigenvalue weighted by Crippen LogP contribution is -2.54. The van der Waals surface area contributed by atoms with Crippen LogP contribution in [0.25, 0.3) is 0 Å². The van der Waals surface area contributed by atoms with Crippen molar-refractivity contribution in [2.75, 3.05) is 18.5 Å². The third-order valence-electron chi connectivity index (χ3n) is 3.28. The molecule has 8 heteroatoms. The Morgan fingerprint density at radius 3 is 2.25 bits per heavy atom. The number of primary sulfonamides is 1. The number of ether oxygens (including phenoxy) is 1. The summed E-state index contributed by atoms with van der Waals surface area (Å²) < 4.78 is 27.4. The molecule has 7 nitrogen and oxygen atoms in total. The topological polar surface area (TPSA) is 125 Å². The molecule has 1 aromatic rings. The van der Waals surface area contributed by atoms with Crippen molar-refractivity contribution in [2.24, 2.45) is 10.9 Å². The van der Waals surface area contributed by atoms with Crippen LogP contribution in [0.1, 0.15) is 12.8 Å². The molecule has 0 aliphatic carbocycles. The van der Waals surface area contributed by atoms with Crippen molar-refractivity contribution in [2.45, 2.75) is 23.3 Å². The van der Waals surface area contributed by atoms with Gasteiger partial charge < -0.3 is 15.8 Å². The molecule has 0 saturated carbocycles. The molecule has 1 fully saturated rings. The Hall–Kier alpha value is -1.48. The Kier molecular flexibility index (Phi) is 4.09. The average molecular weight is 299 g/mol. The summed E-state index contributed by atoms with van der Waals surface area (Å²) in [5.74, 6) is -0.302. The molecular formula is C12H17N3O4S. The van der Waals surface area contributed by atoms with E-state index in [1.807, 2.05) is 0 Å². The van der Waals surface area contributed by atoms with Gasteiger partial charge in [-0.2, -0.15) is 0 Å². The summed E-state index contributed by atoms with van der Waals surface area (Å²) in [7, 11) is -3.73. The summed E-state index contributed by atoms with van der Waals surface area (Å²) in [4.78, 5) is 12.1. The highest BCUT2D eigenvalue weighted by molar-refractivity contribution is 7.89. The number of sulfonamides is 1. The molecule has 5 N–H and O–H groups in total. The molecule has 0 aromatic heterocycles. The summed E-state index contributed by atoms with van der Waals surface area (Å²) in [5.41, 5.74) is 5.57. The Morgan fingerprint density at radius 2 is 1.75 bits per heavy atom. The van der Waals surface area contributed by atoms with Gasteiger partial charge in [-0.05, 0) is 37.1 Å². The molecule has 1 heterocycles. The van der Waals surface area contributed by atoms with Crippen molar-refractivity contribution in [3.63, 3.8) is 0 Å². The summed E-state index contributed by atoms with van der Waals surface area (Å²) >= 11 is 0. The van der Waals surface area contributed by atoms with E-state index < -0.39 is 15.6 Å². The molecule has 0 radical (unpaired) electrons. The minimum atomic E-state index is -3.73. The van der Waals surface area contributed by atoms with Crippen molar-refractivity contribution in [3.8, 4) is 0 Å². The number of amides is 1. The zero-order valence-corrected chi connectivity index (χ0v) is 11.7. The van der Waals surface area contributed by atoms with Crippen molar-refractivity contribution in [1.29, 1.82) is 0 Å². The predicted molar refractivity (Wildman–Crippen MR) is 73.4 cm³/mol. The lowest BCUT2D eigenvalue weighted by molar-refractivity contribution is -0.124. The molecule has 1 amide bonds. The van der Waals surface area contributed by atoms with E-state index in [0.29, 0.717) is 31.7 Å². The summed E-state index contributed by atoms with van der Waals surface area (Å²) in [6.45, 7) is 0.905. The van der Waals surface area contributed by atoms with Crippen molar-refractivity contribution in [3.05, 3.63) is 24.3 Å². The zero-order valence-electron chi connectivity index (χ0n) is 10.8. The first-order valence-corrected chi connectivity index (χ1v) is 7.67. The van der Waals surface area contributed by atoms with Crippen LogP contribution in [0.3, 0.4) is 0 Å². The van der Waals surface area contributed by atoms with E-state index in [1.54, 1.807) is 0 Å². The van der Waals surface area contributed by atoms with Gasteiger partial charge in [0.25, 0.3) is 0 Å². The van der Waals surface area contributed by atoms with Gasteiger partial charge in [-0.15, -0.1) is 0 Å². The number of nitrogens with two attached hydrogens (primary N) is 2. The summed E-state index contributed by atoms with van der Waals surface area (Å²) in [5, 5.41) is 7.67. The molecule has 1 saturated heterocycles. The third kappa shape index (κ3) is 3.34. The maximum Gasteiger partial charge on any atom is 0.244 e. The monoisotopic (exact) mass is 299 g/mol. The van der Waals surface area contributed by atoms with Gasteiger partial charge in [0, 0.05) is 18.9 Å². The van der Waals surface area contributed by atoms with Gasteiger partial charge >= 0.3 is 0 Å². The molecule has 1 aliphatic heterocycles. The molecule has 0 atom stereocenters. The fraction of sp³-hybridized carbons (Fsp3) is 0.417. The molecule has 1 aliphatic rings. The lowest BCUT2D eigenvalue weighted by Gasteiger charge is -2.31. The van der Waals surface area contributed by atoms with Crippen LogP contribution in [0, 0.1) is 0 Å². The second-order valence-electron chi connectivity index (χ2n) is 4.79. The molecule has 20 heavy (non-hydrogen) atoms. The van der Waals surface area contributed by atoms with Gasteiger partial charge in [0.05, 0.1) is 4.90 Å². The van der Waals surface area contributed by atoms with Crippen LogP contribution >= 0.6 is 0 Å². The van der Waals surface area contributed by atoms with E-state index in [4.69, 9.17) is 15.6 Å². The highest BCUT2D eigenvalue weighted by atomic mass is 32.2.